The molecule has 1 aromatic rings. The summed E-state index contributed by atoms with van der Waals surface area (Å²) in [6, 6.07) is 4.66. The third-order valence-electron chi connectivity index (χ3n) is 3.35. The predicted molar refractivity (Wildman–Crippen MR) is 92.6 cm³/mol. The third kappa shape index (κ3) is 8.22. The van der Waals surface area contributed by atoms with Crippen molar-refractivity contribution in [2.45, 2.75) is 45.4 Å². The normalized spacial score (nSPS) is 11.8. The number of anilines is 1. The Hall–Kier alpha value is -2.25. The van der Waals surface area contributed by atoms with Gasteiger partial charge in [-0.3, -0.25) is 9.59 Å². The van der Waals surface area contributed by atoms with Crippen LogP contribution in [0.2, 0.25) is 0 Å². The molecule has 0 unspecified atom stereocenters. The van der Waals surface area contributed by atoms with E-state index in [-0.39, 0.29) is 30.5 Å². The van der Waals surface area contributed by atoms with Crippen LogP contribution < -0.4 is 5.32 Å². The molecule has 0 aliphatic rings. The molecule has 0 heterocycles. The van der Waals surface area contributed by atoms with E-state index in [4.69, 9.17) is 4.74 Å². The van der Waals surface area contributed by atoms with E-state index in [2.05, 4.69) is 5.32 Å². The van der Waals surface area contributed by atoms with Crippen LogP contribution in [0, 0.1) is 0 Å². The van der Waals surface area contributed by atoms with Gasteiger partial charge in [-0.25, -0.2) is 0 Å². The quantitative estimate of drug-likeness (QED) is 0.740. The number of hydrogen-bond acceptors (Lipinski definition) is 4. The Morgan fingerprint density at radius 2 is 1.85 bits per heavy atom. The highest BCUT2D eigenvalue weighted by Crippen LogP contribution is 2.30. The molecule has 1 N–H and O–H groups in total. The molecule has 8 heteroatoms. The first-order valence-electron chi connectivity index (χ1n) is 8.25. The number of likely N-dealkylation sites (N-methyl/N-ethyl adjacent to an activating group) is 1. The Morgan fingerprint density at radius 3 is 2.42 bits per heavy atom. The van der Waals surface area contributed by atoms with Gasteiger partial charge < -0.3 is 15.0 Å². The van der Waals surface area contributed by atoms with E-state index in [0.29, 0.717) is 13.0 Å². The fraction of sp³-hybridized carbons (Fsp3) is 0.556. The average molecular weight is 374 g/mol. The van der Waals surface area contributed by atoms with Crippen molar-refractivity contribution in [1.82, 2.24) is 4.90 Å². The van der Waals surface area contributed by atoms with E-state index in [1.807, 2.05) is 0 Å². The number of ether oxygens (including phenoxy) is 1. The highest BCUT2D eigenvalue weighted by molar-refractivity contribution is 5.80. The van der Waals surface area contributed by atoms with Gasteiger partial charge in [0.15, 0.2) is 0 Å². The van der Waals surface area contributed by atoms with Crippen molar-refractivity contribution in [2.24, 2.45) is 0 Å². The number of nitrogens with one attached hydrogen (secondary N) is 1. The molecule has 26 heavy (non-hydrogen) atoms. The summed E-state index contributed by atoms with van der Waals surface area (Å²) in [6.45, 7) is 5.55. The third-order valence-corrected chi connectivity index (χ3v) is 3.35. The number of nitrogens with zero attached hydrogens (tertiary/aromatic N) is 1. The van der Waals surface area contributed by atoms with Crippen LogP contribution in [0.15, 0.2) is 24.3 Å². The zero-order chi connectivity index (χ0) is 20.0. The maximum absolute atomic E-state index is 12.7. The second-order valence-electron chi connectivity index (χ2n) is 6.94. The molecular formula is C18H25F3N2O3. The number of rotatable bonds is 7. The number of hydrogen-bond donors (Lipinski definition) is 1. The van der Waals surface area contributed by atoms with Crippen LogP contribution in [0.3, 0.4) is 0 Å². The van der Waals surface area contributed by atoms with E-state index < -0.39 is 17.3 Å². The fourth-order valence-electron chi connectivity index (χ4n) is 2.10. The molecule has 1 rings (SSSR count). The van der Waals surface area contributed by atoms with Gasteiger partial charge in [-0.2, -0.15) is 13.2 Å². The number of carbonyl (C=O) groups excluding carboxylic acids is 2. The molecule has 146 valence electrons. The van der Waals surface area contributed by atoms with Crippen molar-refractivity contribution in [3.05, 3.63) is 29.8 Å². The van der Waals surface area contributed by atoms with Gasteiger partial charge in [0, 0.05) is 25.7 Å². The molecule has 5 nitrogen and oxygen atoms in total. The van der Waals surface area contributed by atoms with Crippen molar-refractivity contribution in [2.75, 3.05) is 25.5 Å². The summed E-state index contributed by atoms with van der Waals surface area (Å²) in [4.78, 5) is 25.1. The summed E-state index contributed by atoms with van der Waals surface area (Å²) in [5.41, 5.74) is -1.11. The average Bonchev–Trinajstić information content (AvgIpc) is 2.50. The van der Waals surface area contributed by atoms with E-state index >= 15 is 0 Å². The molecule has 0 atom stereocenters. The van der Waals surface area contributed by atoms with Crippen molar-refractivity contribution in [1.29, 1.82) is 0 Å². The first kappa shape index (κ1) is 21.8. The summed E-state index contributed by atoms with van der Waals surface area (Å²) < 4.78 is 43.2. The molecule has 0 aliphatic heterocycles. The van der Waals surface area contributed by atoms with Gasteiger partial charge in [0.1, 0.15) is 5.60 Å². The van der Waals surface area contributed by atoms with Gasteiger partial charge in [0.2, 0.25) is 5.91 Å². The summed E-state index contributed by atoms with van der Waals surface area (Å²) in [5.74, 6) is -0.618. The summed E-state index contributed by atoms with van der Waals surface area (Å²) in [7, 11) is 1.57. The van der Waals surface area contributed by atoms with Gasteiger partial charge in [-0.15, -0.1) is 0 Å². The van der Waals surface area contributed by atoms with Crippen LogP contribution in [0.25, 0.3) is 0 Å². The van der Waals surface area contributed by atoms with Crippen LogP contribution in [0.4, 0.5) is 18.9 Å². The van der Waals surface area contributed by atoms with E-state index in [9.17, 15) is 22.8 Å². The number of halogens is 3. The zero-order valence-electron chi connectivity index (χ0n) is 15.4. The molecule has 0 saturated carbocycles. The van der Waals surface area contributed by atoms with Crippen LogP contribution in [0.5, 0.6) is 0 Å². The van der Waals surface area contributed by atoms with Crippen molar-refractivity contribution in [3.8, 4) is 0 Å². The largest absolute Gasteiger partial charge is 0.460 e. The minimum absolute atomic E-state index is 0.135. The molecule has 1 amide bonds. The van der Waals surface area contributed by atoms with Gasteiger partial charge in [0.25, 0.3) is 0 Å². The van der Waals surface area contributed by atoms with Crippen LogP contribution in [0.1, 0.15) is 39.2 Å². The number of benzene rings is 1. The Morgan fingerprint density at radius 1 is 1.19 bits per heavy atom. The molecule has 1 aromatic carbocycles. The molecule has 0 fully saturated rings. The van der Waals surface area contributed by atoms with Crippen molar-refractivity contribution in [3.63, 3.8) is 0 Å². The molecular weight excluding hydrogens is 349 g/mol. The lowest BCUT2D eigenvalue weighted by atomic mass is 10.2. The molecule has 0 aromatic heterocycles. The Kier molecular flexibility index (Phi) is 7.47. The fourth-order valence-corrected chi connectivity index (χ4v) is 2.10. The van der Waals surface area contributed by atoms with Gasteiger partial charge in [0.05, 0.1) is 12.1 Å². The van der Waals surface area contributed by atoms with Gasteiger partial charge in [-0.05, 0) is 45.4 Å². The topological polar surface area (TPSA) is 58.6 Å². The highest BCUT2D eigenvalue weighted by Gasteiger charge is 2.30. The maximum atomic E-state index is 12.7. The number of amides is 1. The lowest BCUT2D eigenvalue weighted by Gasteiger charge is -2.21. The van der Waals surface area contributed by atoms with E-state index in [1.54, 1.807) is 27.8 Å². The standard InChI is InChI=1S/C18H25F3N2O3/c1-17(2,3)26-16(25)9-6-10-23(4)15(24)12-22-14-8-5-7-13(11-14)18(19,20)21/h5,7-8,11,22H,6,9-10,12H2,1-4H3. The maximum Gasteiger partial charge on any atom is 0.416 e. The Balaban J connectivity index is 2.40. The number of alkyl halides is 3. The predicted octanol–water partition coefficient (Wildman–Crippen LogP) is 3.70. The zero-order valence-corrected chi connectivity index (χ0v) is 15.4. The molecule has 0 saturated heterocycles. The van der Waals surface area contributed by atoms with Crippen molar-refractivity contribution >= 4 is 17.6 Å². The minimum Gasteiger partial charge on any atom is -0.460 e. The lowest BCUT2D eigenvalue weighted by molar-refractivity contribution is -0.155. The molecule has 0 bridgehead atoms. The molecule has 0 radical (unpaired) electrons. The van der Waals surface area contributed by atoms with E-state index in [0.717, 1.165) is 12.1 Å². The number of esters is 1. The smallest absolute Gasteiger partial charge is 0.416 e. The Labute approximate surface area is 151 Å². The second-order valence-corrected chi connectivity index (χ2v) is 6.94. The van der Waals surface area contributed by atoms with E-state index in [1.165, 1.54) is 17.0 Å². The van der Waals surface area contributed by atoms with Crippen LogP contribution in [-0.2, 0) is 20.5 Å². The van der Waals surface area contributed by atoms with Crippen LogP contribution in [-0.4, -0.2) is 42.5 Å². The van der Waals surface area contributed by atoms with Crippen molar-refractivity contribution < 1.29 is 27.5 Å². The van der Waals surface area contributed by atoms with Gasteiger partial charge >= 0.3 is 12.1 Å². The first-order valence-corrected chi connectivity index (χ1v) is 8.25. The summed E-state index contributed by atoms with van der Waals surface area (Å²) in [6.07, 6.45) is -3.79. The monoisotopic (exact) mass is 374 g/mol. The minimum atomic E-state index is -4.43. The highest BCUT2D eigenvalue weighted by atomic mass is 19.4. The lowest BCUT2D eigenvalue weighted by Crippen LogP contribution is -2.33. The Bertz CT molecular complexity index is 625. The molecule has 0 spiro atoms. The van der Waals surface area contributed by atoms with Crippen LogP contribution >= 0.6 is 0 Å². The second kappa shape index (κ2) is 8.91. The summed E-state index contributed by atoms with van der Waals surface area (Å²) >= 11 is 0. The SMILES string of the molecule is CN(CCCC(=O)OC(C)(C)C)C(=O)CNc1cccc(C(F)(F)F)c1. The summed E-state index contributed by atoms with van der Waals surface area (Å²) in [5, 5.41) is 2.69. The van der Waals surface area contributed by atoms with Gasteiger partial charge in [-0.1, -0.05) is 6.07 Å². The first-order chi connectivity index (χ1) is 11.9. The molecule has 0 aliphatic carbocycles. The number of carbonyl (C=O) groups is 2.